The van der Waals surface area contributed by atoms with Crippen molar-refractivity contribution >= 4 is 39.5 Å². The standard InChI is InChI=1S/C83H162O17P2/c1-9-76(8)62-54-46-41-42-48-56-64-81(86)94-70-79(100-83(88)66-57-49-39-33-26-20-15-13-11-10-12-14-18-23-29-35-43-51-59-73(2)3)72-98-102(91,92)96-68-77(84)67-95-101(89,90)97-71-78(69-93-80(85)63-55-47-38-32-28-22-25-31-37-45-53-61-75(6)7)99-82(87)65-58-50-40-34-27-21-17-16-19-24-30-36-44-52-60-74(4)5/h73-79,84H,9-72H2,1-8H3,(H,89,90)(H,91,92)/t76?,77-,78-,79-/m1/s1. The van der Waals surface area contributed by atoms with Gasteiger partial charge in [0.1, 0.15) is 19.3 Å². The number of aliphatic hydroxyl groups is 1. The maximum atomic E-state index is 13.1. The zero-order valence-electron chi connectivity index (χ0n) is 67.2. The van der Waals surface area contributed by atoms with Gasteiger partial charge in [-0.2, -0.15) is 0 Å². The molecule has 0 heterocycles. The van der Waals surface area contributed by atoms with E-state index in [2.05, 4.69) is 55.4 Å². The molecule has 0 bridgehead atoms. The molecule has 19 heteroatoms. The van der Waals surface area contributed by atoms with Crippen LogP contribution in [0.3, 0.4) is 0 Å². The number of unbranched alkanes of at least 4 members (excludes halogenated alkanes) is 45. The number of rotatable bonds is 80. The highest BCUT2D eigenvalue weighted by Crippen LogP contribution is 2.45. The Bertz CT molecular complexity index is 1990. The number of carbonyl (C=O) groups is 4. The topological polar surface area (TPSA) is 237 Å². The molecule has 0 amide bonds. The Balaban J connectivity index is 5.21. The van der Waals surface area contributed by atoms with Crippen LogP contribution in [-0.2, 0) is 65.4 Å². The van der Waals surface area contributed by atoms with Crippen LogP contribution in [0.5, 0.6) is 0 Å². The van der Waals surface area contributed by atoms with Crippen LogP contribution in [0.15, 0.2) is 0 Å². The Hall–Kier alpha value is -1.94. The van der Waals surface area contributed by atoms with E-state index in [-0.39, 0.29) is 25.7 Å². The molecule has 0 saturated heterocycles. The summed E-state index contributed by atoms with van der Waals surface area (Å²) < 4.78 is 68.8. The fourth-order valence-electron chi connectivity index (χ4n) is 12.8. The van der Waals surface area contributed by atoms with E-state index in [0.29, 0.717) is 25.7 Å². The van der Waals surface area contributed by atoms with Crippen molar-refractivity contribution in [2.45, 2.75) is 446 Å². The number of hydrogen-bond donors (Lipinski definition) is 3. The van der Waals surface area contributed by atoms with Gasteiger partial charge in [0.15, 0.2) is 12.2 Å². The minimum atomic E-state index is -4.96. The molecule has 0 aromatic heterocycles. The van der Waals surface area contributed by atoms with E-state index in [1.165, 1.54) is 225 Å². The second-order valence-corrected chi connectivity index (χ2v) is 34.4. The lowest BCUT2D eigenvalue weighted by Gasteiger charge is -2.21. The lowest BCUT2D eigenvalue weighted by atomic mass is 10.00. The van der Waals surface area contributed by atoms with Crippen LogP contribution in [0.25, 0.3) is 0 Å². The minimum Gasteiger partial charge on any atom is -0.462 e. The maximum Gasteiger partial charge on any atom is 0.472 e. The van der Waals surface area contributed by atoms with E-state index in [9.17, 15) is 43.2 Å². The molecule has 0 saturated carbocycles. The van der Waals surface area contributed by atoms with Crippen molar-refractivity contribution in [1.29, 1.82) is 0 Å². The molecule has 3 unspecified atom stereocenters. The van der Waals surface area contributed by atoms with Gasteiger partial charge in [-0.1, -0.05) is 376 Å². The van der Waals surface area contributed by atoms with E-state index in [4.69, 9.17) is 37.0 Å². The first-order valence-corrected chi connectivity index (χ1v) is 45.7. The van der Waals surface area contributed by atoms with Crippen LogP contribution in [0, 0.1) is 23.7 Å². The summed E-state index contributed by atoms with van der Waals surface area (Å²) in [5, 5.41) is 10.7. The summed E-state index contributed by atoms with van der Waals surface area (Å²) >= 11 is 0. The second-order valence-electron chi connectivity index (χ2n) is 31.5. The summed E-state index contributed by atoms with van der Waals surface area (Å²) in [7, 11) is -9.93. The van der Waals surface area contributed by atoms with Crippen LogP contribution in [0.2, 0.25) is 0 Å². The van der Waals surface area contributed by atoms with Gasteiger partial charge < -0.3 is 33.8 Å². The Labute approximate surface area is 626 Å². The highest BCUT2D eigenvalue weighted by Gasteiger charge is 2.30. The number of phosphoric ester groups is 2. The SMILES string of the molecule is CCC(C)CCCCCCCCC(=O)OC[C@H](COP(=O)(O)OC[C@H](O)COP(=O)(O)OC[C@@H](COC(=O)CCCCCCCCCCCCCC(C)C)OC(=O)CCCCCCCCCCCCCCCCC(C)C)OC(=O)CCCCCCCCCCCCCCCCCCCCC(C)C. The summed E-state index contributed by atoms with van der Waals surface area (Å²) in [6.45, 7) is 14.3. The number of aliphatic hydroxyl groups excluding tert-OH is 1. The summed E-state index contributed by atoms with van der Waals surface area (Å²) in [5.41, 5.74) is 0. The van der Waals surface area contributed by atoms with Crippen LogP contribution < -0.4 is 0 Å². The Morgan fingerprint density at radius 2 is 0.471 bits per heavy atom. The third kappa shape index (κ3) is 74.9. The van der Waals surface area contributed by atoms with Gasteiger partial charge in [-0.15, -0.1) is 0 Å². The van der Waals surface area contributed by atoms with Crippen molar-refractivity contribution in [3.05, 3.63) is 0 Å². The van der Waals surface area contributed by atoms with Gasteiger partial charge in [-0.25, -0.2) is 9.13 Å². The predicted molar refractivity (Wildman–Crippen MR) is 418 cm³/mol. The summed E-state index contributed by atoms with van der Waals surface area (Å²) in [6, 6.07) is 0. The summed E-state index contributed by atoms with van der Waals surface area (Å²) in [4.78, 5) is 73.1. The van der Waals surface area contributed by atoms with Crippen LogP contribution in [0.4, 0.5) is 0 Å². The van der Waals surface area contributed by atoms with Gasteiger partial charge in [-0.05, 0) is 49.4 Å². The molecule has 0 spiro atoms. The molecule has 6 atom stereocenters. The first-order valence-electron chi connectivity index (χ1n) is 42.7. The predicted octanol–water partition coefficient (Wildman–Crippen LogP) is 24.8. The smallest absolute Gasteiger partial charge is 0.462 e. The van der Waals surface area contributed by atoms with Crippen molar-refractivity contribution in [3.8, 4) is 0 Å². The highest BCUT2D eigenvalue weighted by molar-refractivity contribution is 7.47. The minimum absolute atomic E-state index is 0.107. The van der Waals surface area contributed by atoms with Gasteiger partial charge in [0.05, 0.1) is 26.4 Å². The molecule has 0 aliphatic heterocycles. The average Bonchev–Trinajstić information content (AvgIpc) is 0.926. The molecule has 17 nitrogen and oxygen atoms in total. The van der Waals surface area contributed by atoms with E-state index < -0.39 is 97.5 Å². The average molecular weight is 1490 g/mol. The summed E-state index contributed by atoms with van der Waals surface area (Å²) in [5.74, 6) is 1.00. The molecule has 102 heavy (non-hydrogen) atoms. The largest absolute Gasteiger partial charge is 0.472 e. The molecule has 0 fully saturated rings. The number of carbonyl (C=O) groups excluding carboxylic acids is 4. The zero-order chi connectivity index (χ0) is 75.3. The van der Waals surface area contributed by atoms with E-state index in [1.54, 1.807) is 0 Å². The van der Waals surface area contributed by atoms with Crippen molar-refractivity contribution in [2.75, 3.05) is 39.6 Å². The molecule has 0 rings (SSSR count). The maximum absolute atomic E-state index is 13.1. The lowest BCUT2D eigenvalue weighted by Crippen LogP contribution is -2.30. The van der Waals surface area contributed by atoms with Gasteiger partial charge in [0.2, 0.25) is 0 Å². The van der Waals surface area contributed by atoms with Crippen LogP contribution in [0.1, 0.15) is 428 Å². The highest BCUT2D eigenvalue weighted by atomic mass is 31.2. The van der Waals surface area contributed by atoms with Crippen molar-refractivity contribution in [3.63, 3.8) is 0 Å². The number of phosphoric acid groups is 2. The van der Waals surface area contributed by atoms with E-state index in [0.717, 1.165) is 120 Å². The first kappa shape index (κ1) is 100. The van der Waals surface area contributed by atoms with Crippen molar-refractivity contribution in [2.24, 2.45) is 23.7 Å². The molecule has 0 aliphatic rings. The molecular formula is C83H162O17P2. The fourth-order valence-corrected chi connectivity index (χ4v) is 14.3. The van der Waals surface area contributed by atoms with Gasteiger partial charge >= 0.3 is 39.5 Å². The Morgan fingerprint density at radius 3 is 0.696 bits per heavy atom. The Kier molecular flexibility index (Phi) is 70.6. The first-order chi connectivity index (χ1) is 49.1. The molecule has 0 aromatic rings. The lowest BCUT2D eigenvalue weighted by molar-refractivity contribution is -0.161. The van der Waals surface area contributed by atoms with Crippen molar-refractivity contribution in [1.82, 2.24) is 0 Å². The fraction of sp³-hybridized carbons (Fsp3) is 0.952. The quantitative estimate of drug-likeness (QED) is 0.0222. The van der Waals surface area contributed by atoms with E-state index >= 15 is 0 Å². The monoisotopic (exact) mass is 1490 g/mol. The molecule has 0 radical (unpaired) electrons. The van der Waals surface area contributed by atoms with Gasteiger partial charge in [0, 0.05) is 25.7 Å². The third-order valence-corrected chi connectivity index (χ3v) is 21.6. The second kappa shape index (κ2) is 72.0. The molecule has 0 aliphatic carbocycles. The van der Waals surface area contributed by atoms with Crippen molar-refractivity contribution < 1.29 is 80.2 Å². The van der Waals surface area contributed by atoms with E-state index in [1.807, 2.05) is 0 Å². The van der Waals surface area contributed by atoms with Gasteiger partial charge in [-0.3, -0.25) is 37.3 Å². The zero-order valence-corrected chi connectivity index (χ0v) is 69.0. The molecule has 0 aromatic carbocycles. The number of esters is 4. The van der Waals surface area contributed by atoms with Gasteiger partial charge in [0.25, 0.3) is 0 Å². The third-order valence-electron chi connectivity index (χ3n) is 19.7. The molecule has 3 N–H and O–H groups in total. The number of hydrogen-bond acceptors (Lipinski definition) is 15. The molecular weight excluding hydrogens is 1330 g/mol. The normalized spacial score (nSPS) is 14.3. The number of ether oxygens (including phenoxy) is 4. The summed E-state index contributed by atoms with van der Waals surface area (Å²) in [6.07, 6.45) is 59.7. The molecule has 606 valence electrons. The van der Waals surface area contributed by atoms with Crippen LogP contribution >= 0.6 is 15.6 Å². The Morgan fingerprint density at radius 1 is 0.275 bits per heavy atom. The van der Waals surface area contributed by atoms with Crippen LogP contribution in [-0.4, -0.2) is 96.7 Å².